The SMILES string of the molecule is Cc1cc[n+](CCC(=O)Nc2ncn[nH]2)cc1. The van der Waals surface area contributed by atoms with E-state index < -0.39 is 0 Å². The first-order chi connectivity index (χ1) is 8.24. The van der Waals surface area contributed by atoms with E-state index in [1.165, 1.54) is 11.9 Å². The third kappa shape index (κ3) is 3.37. The second-order valence-corrected chi connectivity index (χ2v) is 3.75. The highest BCUT2D eigenvalue weighted by Gasteiger charge is 2.07. The van der Waals surface area contributed by atoms with Gasteiger partial charge >= 0.3 is 0 Å². The molecule has 0 aliphatic carbocycles. The predicted molar refractivity (Wildman–Crippen MR) is 61.0 cm³/mol. The summed E-state index contributed by atoms with van der Waals surface area (Å²) in [6.07, 6.45) is 5.66. The van der Waals surface area contributed by atoms with E-state index in [4.69, 9.17) is 0 Å². The number of rotatable bonds is 4. The molecule has 0 spiro atoms. The molecule has 0 aromatic carbocycles. The van der Waals surface area contributed by atoms with Gasteiger partial charge in [0.05, 0.1) is 6.42 Å². The van der Waals surface area contributed by atoms with E-state index in [-0.39, 0.29) is 5.91 Å². The Bertz CT molecular complexity index is 477. The van der Waals surface area contributed by atoms with Gasteiger partial charge in [0, 0.05) is 12.1 Å². The molecule has 0 aliphatic heterocycles. The van der Waals surface area contributed by atoms with E-state index in [2.05, 4.69) is 20.5 Å². The van der Waals surface area contributed by atoms with Crippen LogP contribution in [-0.2, 0) is 11.3 Å². The minimum absolute atomic E-state index is 0.0881. The van der Waals surface area contributed by atoms with Crippen molar-refractivity contribution in [1.82, 2.24) is 15.2 Å². The Kier molecular flexibility index (Phi) is 3.44. The van der Waals surface area contributed by atoms with Gasteiger partial charge in [-0.2, -0.15) is 10.1 Å². The van der Waals surface area contributed by atoms with Gasteiger partial charge in [-0.15, -0.1) is 0 Å². The fourth-order valence-corrected chi connectivity index (χ4v) is 1.37. The van der Waals surface area contributed by atoms with Crippen molar-refractivity contribution in [3.05, 3.63) is 36.4 Å². The normalized spacial score (nSPS) is 10.2. The first-order valence-corrected chi connectivity index (χ1v) is 5.35. The number of carbonyl (C=O) groups is 1. The van der Waals surface area contributed by atoms with E-state index in [0.717, 1.165) is 0 Å². The van der Waals surface area contributed by atoms with E-state index in [9.17, 15) is 4.79 Å². The van der Waals surface area contributed by atoms with E-state index in [1.54, 1.807) is 0 Å². The molecule has 17 heavy (non-hydrogen) atoms. The molecule has 0 saturated carbocycles. The summed E-state index contributed by atoms with van der Waals surface area (Å²) in [6.45, 7) is 2.67. The largest absolute Gasteiger partial charge is 0.295 e. The van der Waals surface area contributed by atoms with Gasteiger partial charge in [0.1, 0.15) is 6.33 Å². The van der Waals surface area contributed by atoms with Crippen LogP contribution in [0.4, 0.5) is 5.95 Å². The Hall–Kier alpha value is -2.24. The number of H-pyrrole nitrogens is 1. The van der Waals surface area contributed by atoms with E-state index in [1.807, 2.05) is 36.0 Å². The number of aryl methyl sites for hydroxylation is 2. The smallest absolute Gasteiger partial charge is 0.233 e. The molecule has 0 saturated heterocycles. The summed E-state index contributed by atoms with van der Waals surface area (Å²) < 4.78 is 1.97. The molecule has 0 unspecified atom stereocenters. The number of hydrogen-bond donors (Lipinski definition) is 2. The molecular weight excluding hydrogens is 218 g/mol. The maximum atomic E-state index is 11.5. The molecule has 2 heterocycles. The van der Waals surface area contributed by atoms with Crippen LogP contribution in [0, 0.1) is 6.92 Å². The Morgan fingerprint density at radius 1 is 1.47 bits per heavy atom. The third-order valence-electron chi connectivity index (χ3n) is 2.33. The molecular formula is C11H14N5O+. The van der Waals surface area contributed by atoms with Crippen LogP contribution in [0.1, 0.15) is 12.0 Å². The highest BCUT2D eigenvalue weighted by atomic mass is 16.1. The summed E-state index contributed by atoms with van der Waals surface area (Å²) in [5, 5.41) is 8.84. The average molecular weight is 232 g/mol. The molecule has 2 aromatic rings. The van der Waals surface area contributed by atoms with Crippen LogP contribution in [0.15, 0.2) is 30.9 Å². The van der Waals surface area contributed by atoms with E-state index >= 15 is 0 Å². The number of anilines is 1. The Morgan fingerprint density at radius 2 is 2.24 bits per heavy atom. The van der Waals surface area contributed by atoms with E-state index in [0.29, 0.717) is 18.9 Å². The van der Waals surface area contributed by atoms with Crippen LogP contribution >= 0.6 is 0 Å². The summed E-state index contributed by atoms with van der Waals surface area (Å²) in [5.74, 6) is 0.290. The van der Waals surface area contributed by atoms with Crippen LogP contribution in [0.25, 0.3) is 0 Å². The number of aromatic amines is 1. The summed E-state index contributed by atoms with van der Waals surface area (Å²) in [7, 11) is 0. The van der Waals surface area contributed by atoms with Gasteiger partial charge in [0.25, 0.3) is 0 Å². The van der Waals surface area contributed by atoms with Crippen molar-refractivity contribution in [1.29, 1.82) is 0 Å². The third-order valence-corrected chi connectivity index (χ3v) is 2.33. The molecule has 2 aromatic heterocycles. The molecule has 6 nitrogen and oxygen atoms in total. The summed E-state index contributed by atoms with van der Waals surface area (Å²) in [6, 6.07) is 4.02. The number of carbonyl (C=O) groups excluding carboxylic acids is 1. The highest BCUT2D eigenvalue weighted by Crippen LogP contribution is 1.95. The molecule has 0 aliphatic rings. The zero-order valence-corrected chi connectivity index (χ0v) is 9.55. The average Bonchev–Trinajstić information content (AvgIpc) is 2.81. The zero-order chi connectivity index (χ0) is 12.1. The second-order valence-electron chi connectivity index (χ2n) is 3.75. The summed E-state index contributed by atoms with van der Waals surface area (Å²) in [4.78, 5) is 15.4. The lowest BCUT2D eigenvalue weighted by Gasteiger charge is -1.99. The molecule has 0 radical (unpaired) electrons. The van der Waals surface area contributed by atoms with Crippen molar-refractivity contribution in [3.63, 3.8) is 0 Å². The molecule has 0 atom stereocenters. The van der Waals surface area contributed by atoms with Crippen LogP contribution in [0.3, 0.4) is 0 Å². The quantitative estimate of drug-likeness (QED) is 0.751. The Balaban J connectivity index is 1.82. The Labute approximate surface area is 98.7 Å². The lowest BCUT2D eigenvalue weighted by Crippen LogP contribution is -2.34. The summed E-state index contributed by atoms with van der Waals surface area (Å²) >= 11 is 0. The lowest BCUT2D eigenvalue weighted by molar-refractivity contribution is -0.695. The molecule has 88 valence electrons. The molecule has 0 bridgehead atoms. The molecule has 2 N–H and O–H groups in total. The highest BCUT2D eigenvalue weighted by molar-refractivity contribution is 5.88. The van der Waals surface area contributed by atoms with Crippen LogP contribution < -0.4 is 9.88 Å². The van der Waals surface area contributed by atoms with Gasteiger partial charge in [-0.05, 0) is 12.5 Å². The topological polar surface area (TPSA) is 74.5 Å². The van der Waals surface area contributed by atoms with Crippen LogP contribution in [0.2, 0.25) is 0 Å². The van der Waals surface area contributed by atoms with Crippen molar-refractivity contribution in [3.8, 4) is 0 Å². The fourth-order valence-electron chi connectivity index (χ4n) is 1.37. The number of pyridine rings is 1. The first kappa shape index (κ1) is 11.3. The summed E-state index contributed by atoms with van der Waals surface area (Å²) in [5.41, 5.74) is 1.20. The minimum Gasteiger partial charge on any atom is -0.295 e. The molecule has 6 heteroatoms. The molecule has 1 amide bonds. The standard InChI is InChI=1S/C11H13N5O/c1-9-2-5-16(6-3-9)7-4-10(17)14-11-12-8-13-15-11/h2-3,5-6,8H,4,7H2,1H3,(H-,12,13,14,15,17)/p+1. The maximum Gasteiger partial charge on any atom is 0.233 e. The number of nitrogens with one attached hydrogen (secondary N) is 2. The zero-order valence-electron chi connectivity index (χ0n) is 9.55. The predicted octanol–water partition coefficient (Wildman–Crippen LogP) is 0.429. The van der Waals surface area contributed by atoms with Crippen molar-refractivity contribution in [2.45, 2.75) is 19.9 Å². The number of amides is 1. The first-order valence-electron chi connectivity index (χ1n) is 5.35. The van der Waals surface area contributed by atoms with Gasteiger partial charge in [0.15, 0.2) is 18.9 Å². The van der Waals surface area contributed by atoms with Crippen molar-refractivity contribution < 1.29 is 9.36 Å². The number of nitrogens with zero attached hydrogens (tertiary/aromatic N) is 3. The van der Waals surface area contributed by atoms with Gasteiger partial charge in [-0.3, -0.25) is 10.1 Å². The van der Waals surface area contributed by atoms with Crippen molar-refractivity contribution in [2.75, 3.05) is 5.32 Å². The Morgan fingerprint density at radius 3 is 2.88 bits per heavy atom. The van der Waals surface area contributed by atoms with Gasteiger partial charge < -0.3 is 0 Å². The van der Waals surface area contributed by atoms with Gasteiger partial charge in [-0.1, -0.05) is 0 Å². The fraction of sp³-hybridized carbons (Fsp3) is 0.273. The maximum absolute atomic E-state index is 11.5. The molecule has 2 rings (SSSR count). The van der Waals surface area contributed by atoms with Crippen LogP contribution in [0.5, 0.6) is 0 Å². The lowest BCUT2D eigenvalue weighted by atomic mass is 10.3. The van der Waals surface area contributed by atoms with Crippen molar-refractivity contribution in [2.24, 2.45) is 0 Å². The minimum atomic E-state index is -0.0881. The van der Waals surface area contributed by atoms with Gasteiger partial charge in [0.2, 0.25) is 11.9 Å². The second kappa shape index (κ2) is 5.20. The van der Waals surface area contributed by atoms with Crippen molar-refractivity contribution >= 4 is 11.9 Å². The monoisotopic (exact) mass is 232 g/mol. The molecule has 0 fully saturated rings. The van der Waals surface area contributed by atoms with Crippen LogP contribution in [-0.4, -0.2) is 21.1 Å². The number of aromatic nitrogens is 4. The number of hydrogen-bond acceptors (Lipinski definition) is 3. The van der Waals surface area contributed by atoms with Gasteiger partial charge in [-0.25, -0.2) is 9.67 Å².